The number of hydrogen-bond acceptors (Lipinski definition) is 5. The first-order valence-electron chi connectivity index (χ1n) is 5.99. The van der Waals surface area contributed by atoms with Crippen LogP contribution in [0.2, 0.25) is 10.0 Å². The molecule has 0 aliphatic carbocycles. The van der Waals surface area contributed by atoms with Crippen molar-refractivity contribution in [2.45, 2.75) is 13.8 Å². The van der Waals surface area contributed by atoms with Crippen molar-refractivity contribution < 1.29 is 13.9 Å². The highest BCUT2D eigenvalue weighted by Gasteiger charge is 2.21. The van der Waals surface area contributed by atoms with Gasteiger partial charge in [0.2, 0.25) is 0 Å². The largest absolute Gasteiger partial charge is 0.462 e. The third-order valence-electron chi connectivity index (χ3n) is 2.59. The van der Waals surface area contributed by atoms with Gasteiger partial charge >= 0.3 is 5.97 Å². The van der Waals surface area contributed by atoms with E-state index in [1.165, 1.54) is 0 Å². The van der Waals surface area contributed by atoms with Crippen LogP contribution in [0.15, 0.2) is 12.1 Å². The predicted molar refractivity (Wildman–Crippen MR) is 82.5 cm³/mol. The molecule has 1 aromatic heterocycles. The number of esters is 1. The zero-order valence-electron chi connectivity index (χ0n) is 11.2. The van der Waals surface area contributed by atoms with Crippen molar-refractivity contribution in [3.8, 4) is 0 Å². The Bertz CT molecular complexity index is 668. The summed E-state index contributed by atoms with van der Waals surface area (Å²) in [5.41, 5.74) is 1.17. The number of anilines is 2. The van der Waals surface area contributed by atoms with E-state index >= 15 is 0 Å². The number of aromatic nitrogens is 1. The van der Waals surface area contributed by atoms with Crippen LogP contribution in [0.5, 0.6) is 0 Å². The van der Waals surface area contributed by atoms with Gasteiger partial charge in [-0.1, -0.05) is 23.2 Å². The summed E-state index contributed by atoms with van der Waals surface area (Å²) in [5.74, 6) is -1.03. The second-order valence-corrected chi connectivity index (χ2v) is 5.65. The van der Waals surface area contributed by atoms with E-state index in [-0.39, 0.29) is 16.7 Å². The zero-order valence-corrected chi connectivity index (χ0v) is 13.5. The number of nitrogens with one attached hydrogen (secondary N) is 1. The summed E-state index contributed by atoms with van der Waals surface area (Å²) in [4.78, 5) is 11.9. The maximum absolute atomic E-state index is 13.2. The van der Waals surface area contributed by atoms with Crippen LogP contribution in [0.1, 0.15) is 23.0 Å². The number of ether oxygens (including phenoxy) is 1. The second-order valence-electron chi connectivity index (χ2n) is 4.06. The first-order valence-corrected chi connectivity index (χ1v) is 7.52. The van der Waals surface area contributed by atoms with E-state index in [0.717, 1.165) is 23.7 Å². The van der Waals surface area contributed by atoms with Crippen LogP contribution >= 0.6 is 34.7 Å². The third kappa shape index (κ3) is 3.45. The third-order valence-corrected chi connectivity index (χ3v) is 4.04. The minimum atomic E-state index is -0.540. The lowest BCUT2D eigenvalue weighted by atomic mass is 10.2. The van der Waals surface area contributed by atoms with Gasteiger partial charge in [-0.25, -0.2) is 9.18 Å². The molecule has 1 aromatic carbocycles. The second kappa shape index (κ2) is 6.60. The van der Waals surface area contributed by atoms with Gasteiger partial charge in [0.25, 0.3) is 0 Å². The van der Waals surface area contributed by atoms with Crippen LogP contribution in [-0.4, -0.2) is 16.9 Å². The Kier molecular flexibility index (Phi) is 5.03. The maximum Gasteiger partial charge on any atom is 0.343 e. The zero-order chi connectivity index (χ0) is 15.6. The van der Waals surface area contributed by atoms with E-state index in [1.54, 1.807) is 13.8 Å². The van der Waals surface area contributed by atoms with E-state index in [2.05, 4.69) is 9.69 Å². The number of aryl methyl sites for hydroxylation is 1. The van der Waals surface area contributed by atoms with Crippen LogP contribution < -0.4 is 5.32 Å². The molecular formula is C13H11Cl2FN2O2S. The molecule has 0 amide bonds. The van der Waals surface area contributed by atoms with Crippen LogP contribution in [0.3, 0.4) is 0 Å². The van der Waals surface area contributed by atoms with Gasteiger partial charge in [0.1, 0.15) is 16.4 Å². The SMILES string of the molecule is CCOC(=O)c1c(C)nsc1Nc1c(Cl)cc(F)cc1Cl. The van der Waals surface area contributed by atoms with Gasteiger partial charge in [-0.15, -0.1) is 0 Å². The van der Waals surface area contributed by atoms with Gasteiger partial charge in [-0.2, -0.15) is 4.37 Å². The molecular weight excluding hydrogens is 338 g/mol. The van der Waals surface area contributed by atoms with Crippen LogP contribution in [0.25, 0.3) is 0 Å². The van der Waals surface area contributed by atoms with Crippen molar-refractivity contribution in [1.29, 1.82) is 0 Å². The molecule has 1 heterocycles. The fourth-order valence-electron chi connectivity index (χ4n) is 1.67. The number of benzene rings is 1. The number of nitrogens with zero attached hydrogens (tertiary/aromatic N) is 1. The van der Waals surface area contributed by atoms with Gasteiger partial charge in [0, 0.05) is 0 Å². The first-order chi connectivity index (χ1) is 9.93. The topological polar surface area (TPSA) is 51.2 Å². The van der Waals surface area contributed by atoms with Gasteiger partial charge < -0.3 is 10.1 Å². The van der Waals surface area contributed by atoms with E-state index in [9.17, 15) is 9.18 Å². The summed E-state index contributed by atoms with van der Waals surface area (Å²) < 4.78 is 22.3. The summed E-state index contributed by atoms with van der Waals surface area (Å²) in [6.07, 6.45) is 0. The monoisotopic (exact) mass is 348 g/mol. The molecule has 4 nitrogen and oxygen atoms in total. The lowest BCUT2D eigenvalue weighted by Gasteiger charge is -2.10. The molecule has 0 radical (unpaired) electrons. The van der Waals surface area contributed by atoms with E-state index in [0.29, 0.717) is 21.9 Å². The maximum atomic E-state index is 13.2. The molecule has 8 heteroatoms. The Morgan fingerprint density at radius 2 is 2.05 bits per heavy atom. The van der Waals surface area contributed by atoms with Crippen LogP contribution in [0, 0.1) is 12.7 Å². The van der Waals surface area contributed by atoms with Gasteiger partial charge in [-0.05, 0) is 37.5 Å². The van der Waals surface area contributed by atoms with E-state index in [4.69, 9.17) is 27.9 Å². The van der Waals surface area contributed by atoms with Crippen molar-refractivity contribution in [2.75, 3.05) is 11.9 Å². The number of carbonyl (C=O) groups excluding carboxylic acids is 1. The predicted octanol–water partition coefficient (Wildman–Crippen LogP) is 4.82. The lowest BCUT2D eigenvalue weighted by molar-refractivity contribution is 0.0527. The summed E-state index contributed by atoms with van der Waals surface area (Å²) >= 11 is 13.0. The smallest absolute Gasteiger partial charge is 0.343 e. The lowest BCUT2D eigenvalue weighted by Crippen LogP contribution is -2.07. The van der Waals surface area contributed by atoms with Crippen LogP contribution in [0.4, 0.5) is 15.1 Å². The molecule has 0 aliphatic heterocycles. The molecule has 0 atom stereocenters. The first kappa shape index (κ1) is 16.0. The Morgan fingerprint density at radius 3 is 2.62 bits per heavy atom. The van der Waals surface area contributed by atoms with Crippen LogP contribution in [-0.2, 0) is 4.74 Å². The minimum Gasteiger partial charge on any atom is -0.462 e. The van der Waals surface area contributed by atoms with Crippen molar-refractivity contribution in [2.24, 2.45) is 0 Å². The quantitative estimate of drug-likeness (QED) is 0.805. The van der Waals surface area contributed by atoms with E-state index < -0.39 is 11.8 Å². The number of halogens is 3. The Labute approximate surface area is 135 Å². The fraction of sp³-hybridized carbons (Fsp3) is 0.231. The molecule has 0 unspecified atom stereocenters. The average molecular weight is 349 g/mol. The molecule has 0 saturated carbocycles. The van der Waals surface area contributed by atoms with Gasteiger partial charge in [0.15, 0.2) is 0 Å². The number of rotatable bonds is 4. The summed E-state index contributed by atoms with van der Waals surface area (Å²) in [7, 11) is 0. The molecule has 0 bridgehead atoms. The summed E-state index contributed by atoms with van der Waals surface area (Å²) in [6, 6.07) is 2.27. The van der Waals surface area contributed by atoms with Crippen molar-refractivity contribution >= 4 is 51.4 Å². The molecule has 2 aromatic rings. The van der Waals surface area contributed by atoms with Crippen molar-refractivity contribution in [1.82, 2.24) is 4.37 Å². The molecule has 0 aliphatic rings. The normalized spacial score (nSPS) is 10.5. The molecule has 2 rings (SSSR count). The van der Waals surface area contributed by atoms with Crippen molar-refractivity contribution in [3.63, 3.8) is 0 Å². The molecule has 1 N–H and O–H groups in total. The standard InChI is InChI=1S/C13H11Cl2FN2O2S/c1-3-20-13(19)10-6(2)18-21-12(10)17-11-8(14)4-7(16)5-9(11)15/h4-5,17H,3H2,1-2H3. The molecule has 0 saturated heterocycles. The highest BCUT2D eigenvalue weighted by molar-refractivity contribution is 7.10. The molecule has 112 valence electrons. The Morgan fingerprint density at radius 1 is 1.43 bits per heavy atom. The minimum absolute atomic E-state index is 0.112. The highest BCUT2D eigenvalue weighted by Crippen LogP contribution is 2.37. The van der Waals surface area contributed by atoms with E-state index in [1.807, 2.05) is 0 Å². The molecule has 0 spiro atoms. The van der Waals surface area contributed by atoms with Gasteiger partial charge in [0.05, 0.1) is 28.0 Å². The van der Waals surface area contributed by atoms with Gasteiger partial charge in [-0.3, -0.25) is 0 Å². The van der Waals surface area contributed by atoms with Crippen molar-refractivity contribution in [3.05, 3.63) is 39.3 Å². The molecule has 0 fully saturated rings. The Balaban J connectivity index is 2.39. The summed E-state index contributed by atoms with van der Waals surface area (Å²) in [5, 5.41) is 3.59. The fourth-order valence-corrected chi connectivity index (χ4v) is 3.02. The average Bonchev–Trinajstić information content (AvgIpc) is 2.75. The highest BCUT2D eigenvalue weighted by atomic mass is 35.5. The molecule has 21 heavy (non-hydrogen) atoms. The Hall–Kier alpha value is -1.37. The number of carbonyl (C=O) groups is 1. The number of hydrogen-bond donors (Lipinski definition) is 1. The summed E-state index contributed by atoms with van der Waals surface area (Å²) in [6.45, 7) is 3.67.